The van der Waals surface area contributed by atoms with Crippen LogP contribution in [-0.2, 0) is 10.0 Å². The van der Waals surface area contributed by atoms with Gasteiger partial charge >= 0.3 is 0 Å². The predicted octanol–water partition coefficient (Wildman–Crippen LogP) is 1.61. The van der Waals surface area contributed by atoms with E-state index in [2.05, 4.69) is 9.93 Å². The Balaban J connectivity index is 2.78. The SMILES string of the molecule is CC(C)/C=N/NS(=O)(=O)c1ccccc1. The molecule has 1 aromatic carbocycles. The second kappa shape index (κ2) is 4.93. The van der Waals surface area contributed by atoms with Gasteiger partial charge in [0.25, 0.3) is 10.0 Å². The Bertz CT molecular complexity index is 424. The number of nitrogens with one attached hydrogen (secondary N) is 1. The van der Waals surface area contributed by atoms with Gasteiger partial charge in [0.1, 0.15) is 0 Å². The highest BCUT2D eigenvalue weighted by atomic mass is 32.2. The van der Waals surface area contributed by atoms with Gasteiger partial charge < -0.3 is 0 Å². The summed E-state index contributed by atoms with van der Waals surface area (Å²) in [6.07, 6.45) is 1.54. The Morgan fingerprint density at radius 2 is 1.87 bits per heavy atom. The lowest BCUT2D eigenvalue weighted by atomic mass is 10.3. The summed E-state index contributed by atoms with van der Waals surface area (Å²) < 4.78 is 23.2. The van der Waals surface area contributed by atoms with Gasteiger partial charge in [0.05, 0.1) is 4.90 Å². The third-order valence-electron chi connectivity index (χ3n) is 1.60. The lowest BCUT2D eigenvalue weighted by Gasteiger charge is -2.02. The third-order valence-corrected chi connectivity index (χ3v) is 2.84. The molecule has 4 nitrogen and oxygen atoms in total. The van der Waals surface area contributed by atoms with Crippen molar-refractivity contribution in [2.24, 2.45) is 11.0 Å². The molecule has 0 aliphatic heterocycles. The molecule has 0 unspecified atom stereocenters. The van der Waals surface area contributed by atoms with E-state index in [4.69, 9.17) is 0 Å². The molecule has 0 amide bonds. The molecule has 1 aromatic rings. The molecule has 0 radical (unpaired) electrons. The number of hydrogen-bond acceptors (Lipinski definition) is 3. The van der Waals surface area contributed by atoms with Gasteiger partial charge in [-0.05, 0) is 18.1 Å². The molecule has 1 N–H and O–H groups in total. The quantitative estimate of drug-likeness (QED) is 0.626. The zero-order valence-corrected chi connectivity index (χ0v) is 9.53. The number of nitrogens with zero attached hydrogens (tertiary/aromatic N) is 1. The van der Waals surface area contributed by atoms with Crippen molar-refractivity contribution >= 4 is 16.2 Å². The van der Waals surface area contributed by atoms with Crippen LogP contribution in [-0.4, -0.2) is 14.6 Å². The minimum Gasteiger partial charge on any atom is -0.200 e. The van der Waals surface area contributed by atoms with Crippen LogP contribution >= 0.6 is 0 Å². The zero-order valence-electron chi connectivity index (χ0n) is 8.71. The van der Waals surface area contributed by atoms with E-state index in [9.17, 15) is 8.42 Å². The average Bonchev–Trinajstić information content (AvgIpc) is 2.18. The summed E-state index contributed by atoms with van der Waals surface area (Å²) in [5, 5.41) is 3.66. The smallest absolute Gasteiger partial charge is 0.200 e. The predicted molar refractivity (Wildman–Crippen MR) is 60.1 cm³/mol. The van der Waals surface area contributed by atoms with Gasteiger partial charge in [-0.3, -0.25) is 0 Å². The summed E-state index contributed by atoms with van der Waals surface area (Å²) in [4.78, 5) is 2.36. The van der Waals surface area contributed by atoms with Gasteiger partial charge in [-0.1, -0.05) is 32.0 Å². The Hall–Kier alpha value is -1.36. The lowest BCUT2D eigenvalue weighted by Crippen LogP contribution is -2.18. The van der Waals surface area contributed by atoms with E-state index in [1.807, 2.05) is 13.8 Å². The fourth-order valence-electron chi connectivity index (χ4n) is 0.901. The average molecular weight is 226 g/mol. The van der Waals surface area contributed by atoms with Crippen LogP contribution in [0.2, 0.25) is 0 Å². The molecule has 0 heterocycles. The Morgan fingerprint density at radius 1 is 1.27 bits per heavy atom. The second-order valence-electron chi connectivity index (χ2n) is 3.43. The monoisotopic (exact) mass is 226 g/mol. The van der Waals surface area contributed by atoms with Crippen molar-refractivity contribution in [2.45, 2.75) is 18.7 Å². The third kappa shape index (κ3) is 3.71. The van der Waals surface area contributed by atoms with E-state index in [0.29, 0.717) is 0 Å². The summed E-state index contributed by atoms with van der Waals surface area (Å²) in [6, 6.07) is 8.14. The molecule has 0 spiro atoms. The highest BCUT2D eigenvalue weighted by Crippen LogP contribution is 2.06. The molecule has 1 rings (SSSR count). The summed E-state index contributed by atoms with van der Waals surface area (Å²) >= 11 is 0. The Morgan fingerprint density at radius 3 is 2.40 bits per heavy atom. The molecule has 0 atom stereocenters. The van der Waals surface area contributed by atoms with Crippen molar-refractivity contribution in [2.75, 3.05) is 0 Å². The highest BCUT2D eigenvalue weighted by molar-refractivity contribution is 7.89. The first-order chi connectivity index (χ1) is 7.02. The van der Waals surface area contributed by atoms with Crippen LogP contribution in [0.4, 0.5) is 0 Å². The van der Waals surface area contributed by atoms with Gasteiger partial charge in [0, 0.05) is 6.21 Å². The molecular formula is C10H14N2O2S. The maximum Gasteiger partial charge on any atom is 0.276 e. The first-order valence-electron chi connectivity index (χ1n) is 4.62. The normalized spacial score (nSPS) is 12.2. The number of benzene rings is 1. The largest absolute Gasteiger partial charge is 0.276 e. The molecule has 15 heavy (non-hydrogen) atoms. The van der Waals surface area contributed by atoms with Crippen molar-refractivity contribution < 1.29 is 8.42 Å². The molecule has 0 aromatic heterocycles. The van der Waals surface area contributed by atoms with Crippen LogP contribution in [0.25, 0.3) is 0 Å². The van der Waals surface area contributed by atoms with E-state index in [-0.39, 0.29) is 10.8 Å². The molecule has 5 heteroatoms. The minimum absolute atomic E-state index is 0.212. The van der Waals surface area contributed by atoms with E-state index in [1.165, 1.54) is 12.1 Å². The molecule has 82 valence electrons. The Kier molecular flexibility index (Phi) is 3.85. The second-order valence-corrected chi connectivity index (χ2v) is 5.09. The molecule has 0 saturated heterocycles. The Labute approximate surface area is 90.1 Å². The molecule has 0 bridgehead atoms. The van der Waals surface area contributed by atoms with Gasteiger partial charge in [-0.25, -0.2) is 4.83 Å². The van der Waals surface area contributed by atoms with Crippen LogP contribution in [0.1, 0.15) is 13.8 Å². The maximum atomic E-state index is 11.6. The van der Waals surface area contributed by atoms with E-state index in [1.54, 1.807) is 24.4 Å². The lowest BCUT2D eigenvalue weighted by molar-refractivity contribution is 0.584. The van der Waals surface area contributed by atoms with Crippen molar-refractivity contribution in [1.29, 1.82) is 0 Å². The molecule has 0 saturated carbocycles. The van der Waals surface area contributed by atoms with E-state index in [0.717, 1.165) is 0 Å². The van der Waals surface area contributed by atoms with Crippen molar-refractivity contribution in [1.82, 2.24) is 4.83 Å². The number of sulfonamides is 1. The molecule has 0 aliphatic rings. The summed E-state index contributed by atoms with van der Waals surface area (Å²) in [5.74, 6) is 0.212. The first kappa shape index (κ1) is 11.7. The number of rotatable bonds is 4. The summed E-state index contributed by atoms with van der Waals surface area (Å²) in [5.41, 5.74) is 0. The van der Waals surface area contributed by atoms with Gasteiger partial charge in [0.2, 0.25) is 0 Å². The minimum atomic E-state index is -3.50. The van der Waals surface area contributed by atoms with Crippen molar-refractivity contribution in [3.63, 3.8) is 0 Å². The molecular weight excluding hydrogens is 212 g/mol. The fraction of sp³-hybridized carbons (Fsp3) is 0.300. The fourth-order valence-corrected chi connectivity index (χ4v) is 1.72. The summed E-state index contributed by atoms with van der Waals surface area (Å²) in [6.45, 7) is 3.83. The maximum absolute atomic E-state index is 11.6. The number of hydrazone groups is 1. The zero-order chi connectivity index (χ0) is 11.3. The van der Waals surface area contributed by atoms with Crippen LogP contribution in [0.3, 0.4) is 0 Å². The van der Waals surface area contributed by atoms with Gasteiger partial charge in [0.15, 0.2) is 0 Å². The number of hydrogen-bond donors (Lipinski definition) is 1. The van der Waals surface area contributed by atoms with E-state index < -0.39 is 10.0 Å². The standard InChI is InChI=1S/C10H14N2O2S/c1-9(2)8-11-12-15(13,14)10-6-4-3-5-7-10/h3-9,12H,1-2H3/b11-8+. The van der Waals surface area contributed by atoms with Gasteiger partial charge in [-0.15, -0.1) is 0 Å². The van der Waals surface area contributed by atoms with Crippen LogP contribution in [0.5, 0.6) is 0 Å². The van der Waals surface area contributed by atoms with Crippen LogP contribution in [0.15, 0.2) is 40.3 Å². The highest BCUT2D eigenvalue weighted by Gasteiger charge is 2.10. The molecule has 0 fully saturated rings. The van der Waals surface area contributed by atoms with Crippen LogP contribution < -0.4 is 4.83 Å². The first-order valence-corrected chi connectivity index (χ1v) is 6.11. The van der Waals surface area contributed by atoms with Crippen LogP contribution in [0, 0.1) is 5.92 Å². The van der Waals surface area contributed by atoms with E-state index >= 15 is 0 Å². The van der Waals surface area contributed by atoms with Crippen molar-refractivity contribution in [3.8, 4) is 0 Å². The van der Waals surface area contributed by atoms with Gasteiger partial charge in [-0.2, -0.15) is 13.5 Å². The van der Waals surface area contributed by atoms with Crippen molar-refractivity contribution in [3.05, 3.63) is 30.3 Å². The topological polar surface area (TPSA) is 58.5 Å². The summed E-state index contributed by atoms with van der Waals surface area (Å²) in [7, 11) is -3.50. The molecule has 0 aliphatic carbocycles.